The largest absolute Gasteiger partial charge is 0.379 e. The van der Waals surface area contributed by atoms with Crippen LogP contribution in [0.25, 0.3) is 0 Å². The quantitative estimate of drug-likeness (QED) is 0.348. The molecule has 3 aliphatic heterocycles. The van der Waals surface area contributed by atoms with Gasteiger partial charge in [0.25, 0.3) is 11.8 Å². The maximum Gasteiger partial charge on any atom is 0.257 e. The van der Waals surface area contributed by atoms with Crippen molar-refractivity contribution in [3.05, 3.63) is 96.5 Å². The molecule has 2 atom stereocenters. The highest BCUT2D eigenvalue weighted by molar-refractivity contribution is 14.1. The van der Waals surface area contributed by atoms with Crippen molar-refractivity contribution in [3.63, 3.8) is 0 Å². The van der Waals surface area contributed by atoms with E-state index in [0.717, 1.165) is 33.4 Å². The zero-order valence-electron chi connectivity index (χ0n) is 19.9. The summed E-state index contributed by atoms with van der Waals surface area (Å²) in [5.41, 5.74) is 3.74. The van der Waals surface area contributed by atoms with E-state index in [1.165, 1.54) is 0 Å². The van der Waals surface area contributed by atoms with Gasteiger partial charge in [0.2, 0.25) is 0 Å². The van der Waals surface area contributed by atoms with Crippen LogP contribution in [-0.4, -0.2) is 61.0 Å². The Bertz CT molecular complexity index is 1380. The van der Waals surface area contributed by atoms with Gasteiger partial charge in [-0.2, -0.15) is 0 Å². The number of hydrogen-bond acceptors (Lipinski definition) is 4. The summed E-state index contributed by atoms with van der Waals surface area (Å²) >= 11 is 14.8. The Hall–Kier alpha value is -2.17. The SMILES string of the molecule is O=C1C2c3ccc(Cl)cc3[C@H](c3ccc(Cl)cc3)N2C(=O)c2cc(I)ccc2N1CCN1CCOCC1. The van der Waals surface area contributed by atoms with E-state index >= 15 is 0 Å². The standard InChI is InChI=1S/C28H24Cl2IN3O3/c29-18-3-1-17(2-4-18)25-22-15-19(30)5-7-21(22)26-28(36)33(10-9-32-11-13-37-14-12-32)24-8-6-20(31)16-23(24)27(35)34(25)26/h1-8,15-16,25-26H,9-14H2/t25-,26?/m0/s1. The molecular formula is C28H24Cl2IN3O3. The summed E-state index contributed by atoms with van der Waals surface area (Å²) in [5.74, 6) is -0.283. The number of fused-ring (bicyclic) bond motifs is 4. The normalized spacial score (nSPS) is 21.5. The van der Waals surface area contributed by atoms with Gasteiger partial charge in [-0.15, -0.1) is 0 Å². The van der Waals surface area contributed by atoms with Crippen molar-refractivity contribution in [2.24, 2.45) is 0 Å². The Morgan fingerprint density at radius 3 is 2.32 bits per heavy atom. The second-order valence-corrected chi connectivity index (χ2v) is 11.6. The first kappa shape index (κ1) is 25.1. The van der Waals surface area contributed by atoms with E-state index in [9.17, 15) is 9.59 Å². The number of nitrogens with zero attached hydrogens (tertiary/aromatic N) is 3. The van der Waals surface area contributed by atoms with E-state index in [0.29, 0.717) is 47.6 Å². The summed E-state index contributed by atoms with van der Waals surface area (Å²) in [7, 11) is 0. The van der Waals surface area contributed by atoms with Crippen LogP contribution in [-0.2, 0) is 9.53 Å². The van der Waals surface area contributed by atoms with Gasteiger partial charge in [0.05, 0.1) is 30.5 Å². The highest BCUT2D eigenvalue weighted by atomic mass is 127. The van der Waals surface area contributed by atoms with Gasteiger partial charge in [-0.05, 0) is 81.7 Å². The molecule has 0 saturated carbocycles. The summed E-state index contributed by atoms with van der Waals surface area (Å²) < 4.78 is 6.43. The minimum Gasteiger partial charge on any atom is -0.379 e. The maximum atomic E-state index is 14.4. The number of amides is 2. The molecular weight excluding hydrogens is 624 g/mol. The van der Waals surface area contributed by atoms with Gasteiger partial charge in [-0.1, -0.05) is 41.4 Å². The van der Waals surface area contributed by atoms with Crippen molar-refractivity contribution >= 4 is 63.3 Å². The summed E-state index contributed by atoms with van der Waals surface area (Å²) in [6.07, 6.45) is 0. The van der Waals surface area contributed by atoms with Crippen LogP contribution in [0.4, 0.5) is 5.69 Å². The fourth-order valence-electron chi connectivity index (χ4n) is 5.57. The third-order valence-corrected chi connectivity index (χ3v) is 8.50. The van der Waals surface area contributed by atoms with E-state index < -0.39 is 12.1 Å². The molecule has 2 amide bonds. The molecule has 0 N–H and O–H groups in total. The van der Waals surface area contributed by atoms with E-state index in [1.54, 1.807) is 15.9 Å². The van der Waals surface area contributed by atoms with E-state index in [2.05, 4.69) is 27.5 Å². The van der Waals surface area contributed by atoms with Crippen LogP contribution in [0.15, 0.2) is 60.7 Å². The van der Waals surface area contributed by atoms with Crippen LogP contribution in [0.5, 0.6) is 0 Å². The molecule has 37 heavy (non-hydrogen) atoms. The minimum absolute atomic E-state index is 0.110. The molecule has 3 heterocycles. The molecule has 190 valence electrons. The van der Waals surface area contributed by atoms with Crippen molar-refractivity contribution in [1.29, 1.82) is 0 Å². The Kier molecular flexibility index (Phi) is 6.92. The summed E-state index contributed by atoms with van der Waals surface area (Å²) in [6.45, 7) is 4.23. The number of hydrogen-bond donors (Lipinski definition) is 0. The highest BCUT2D eigenvalue weighted by Crippen LogP contribution is 2.50. The summed E-state index contributed by atoms with van der Waals surface area (Å²) in [4.78, 5) is 34.6. The van der Waals surface area contributed by atoms with Gasteiger partial charge < -0.3 is 14.5 Å². The molecule has 6 rings (SSSR count). The average molecular weight is 648 g/mol. The maximum absolute atomic E-state index is 14.4. The monoisotopic (exact) mass is 647 g/mol. The fraction of sp³-hybridized carbons (Fsp3) is 0.286. The molecule has 1 saturated heterocycles. The summed E-state index contributed by atoms with van der Waals surface area (Å²) in [6, 6.07) is 17.5. The van der Waals surface area contributed by atoms with Crippen molar-refractivity contribution in [3.8, 4) is 0 Å². The number of morpholine rings is 1. The number of rotatable bonds is 4. The van der Waals surface area contributed by atoms with Crippen LogP contribution in [0.3, 0.4) is 0 Å². The Balaban J connectivity index is 1.49. The number of halogens is 3. The number of anilines is 1. The Labute approximate surface area is 239 Å². The average Bonchev–Trinajstić information content (AvgIpc) is 3.20. The molecule has 6 nitrogen and oxygen atoms in total. The van der Waals surface area contributed by atoms with Crippen LogP contribution >= 0.6 is 45.8 Å². The molecule has 3 aromatic carbocycles. The second-order valence-electron chi connectivity index (χ2n) is 9.45. The van der Waals surface area contributed by atoms with Gasteiger partial charge in [-0.25, -0.2) is 0 Å². The zero-order valence-corrected chi connectivity index (χ0v) is 23.5. The lowest BCUT2D eigenvalue weighted by molar-refractivity contribution is -0.123. The number of carbonyl (C=O) groups is 2. The van der Waals surface area contributed by atoms with Crippen molar-refractivity contribution in [2.75, 3.05) is 44.3 Å². The molecule has 3 aliphatic rings. The topological polar surface area (TPSA) is 53.1 Å². The van der Waals surface area contributed by atoms with E-state index in [-0.39, 0.29) is 11.8 Å². The lowest BCUT2D eigenvalue weighted by atomic mass is 9.96. The minimum atomic E-state index is -0.754. The molecule has 9 heteroatoms. The smallest absolute Gasteiger partial charge is 0.257 e. The first-order valence-corrected chi connectivity index (χ1v) is 14.0. The van der Waals surface area contributed by atoms with Crippen LogP contribution < -0.4 is 4.90 Å². The molecule has 0 spiro atoms. The molecule has 1 fully saturated rings. The zero-order chi connectivity index (χ0) is 25.7. The molecule has 3 aromatic rings. The van der Waals surface area contributed by atoms with E-state index in [1.807, 2.05) is 54.6 Å². The molecule has 0 aromatic heterocycles. The van der Waals surface area contributed by atoms with Gasteiger partial charge in [0, 0.05) is 39.8 Å². The van der Waals surface area contributed by atoms with Crippen LogP contribution in [0.1, 0.15) is 39.1 Å². The fourth-order valence-corrected chi connectivity index (χ4v) is 6.37. The second kappa shape index (κ2) is 10.2. The predicted molar refractivity (Wildman–Crippen MR) is 152 cm³/mol. The third kappa shape index (κ3) is 4.55. The van der Waals surface area contributed by atoms with Gasteiger partial charge in [-0.3, -0.25) is 14.5 Å². The lowest BCUT2D eigenvalue weighted by Gasteiger charge is -2.32. The first-order valence-electron chi connectivity index (χ1n) is 12.2. The van der Waals surface area contributed by atoms with Gasteiger partial charge in [0.15, 0.2) is 0 Å². The first-order chi connectivity index (χ1) is 17.9. The number of carbonyl (C=O) groups excluding carboxylic acids is 2. The third-order valence-electron chi connectivity index (χ3n) is 7.34. The van der Waals surface area contributed by atoms with Crippen LogP contribution in [0.2, 0.25) is 10.0 Å². The van der Waals surface area contributed by atoms with Gasteiger partial charge >= 0.3 is 0 Å². The highest BCUT2D eigenvalue weighted by Gasteiger charge is 2.50. The Morgan fingerprint density at radius 1 is 0.838 bits per heavy atom. The number of benzene rings is 3. The molecule has 0 bridgehead atoms. The molecule has 1 unspecified atom stereocenters. The predicted octanol–water partition coefficient (Wildman–Crippen LogP) is 5.56. The van der Waals surface area contributed by atoms with Crippen molar-refractivity contribution < 1.29 is 14.3 Å². The number of ether oxygens (including phenoxy) is 1. The van der Waals surface area contributed by atoms with E-state index in [4.69, 9.17) is 27.9 Å². The molecule has 0 aliphatic carbocycles. The Morgan fingerprint density at radius 2 is 1.57 bits per heavy atom. The lowest BCUT2D eigenvalue weighted by Crippen LogP contribution is -2.45. The van der Waals surface area contributed by atoms with Crippen molar-refractivity contribution in [2.45, 2.75) is 12.1 Å². The van der Waals surface area contributed by atoms with Gasteiger partial charge in [0.1, 0.15) is 6.04 Å². The molecule has 0 radical (unpaired) electrons. The van der Waals surface area contributed by atoms with Crippen LogP contribution in [0, 0.1) is 3.57 Å². The van der Waals surface area contributed by atoms with Crippen molar-refractivity contribution in [1.82, 2.24) is 9.80 Å². The summed E-state index contributed by atoms with van der Waals surface area (Å²) in [5, 5.41) is 1.17.